The topological polar surface area (TPSA) is 70.6 Å². The van der Waals surface area contributed by atoms with Crippen molar-refractivity contribution in [3.8, 4) is 0 Å². The molecule has 0 aliphatic rings. The highest BCUT2D eigenvalue weighted by Crippen LogP contribution is 2.30. The molecule has 2 aromatic carbocycles. The van der Waals surface area contributed by atoms with Crippen LogP contribution in [0.15, 0.2) is 47.4 Å². The zero-order valence-corrected chi connectivity index (χ0v) is 18.9. The summed E-state index contributed by atoms with van der Waals surface area (Å²) in [5, 5.41) is 0.786. The molecule has 1 aromatic heterocycles. The van der Waals surface area contributed by atoms with E-state index >= 15 is 0 Å². The summed E-state index contributed by atoms with van der Waals surface area (Å²) in [5.41, 5.74) is 0.203. The molecule has 10 heteroatoms. The van der Waals surface area contributed by atoms with E-state index in [2.05, 4.69) is 4.98 Å². The minimum atomic E-state index is -3.64. The van der Waals surface area contributed by atoms with Gasteiger partial charge in [-0.25, -0.2) is 17.8 Å². The van der Waals surface area contributed by atoms with Crippen LogP contribution in [-0.2, 0) is 14.6 Å². The minimum absolute atomic E-state index is 0.113. The Balaban J connectivity index is 1.81. The van der Waals surface area contributed by atoms with Gasteiger partial charge in [-0.3, -0.25) is 9.69 Å². The van der Waals surface area contributed by atoms with E-state index < -0.39 is 15.7 Å². The first-order valence-corrected chi connectivity index (χ1v) is 12.0. The second-order valence-corrected chi connectivity index (χ2v) is 10.5. The number of nitrogens with zero attached hydrogens (tertiary/aromatic N) is 3. The smallest absolute Gasteiger partial charge is 0.229 e. The van der Waals surface area contributed by atoms with Gasteiger partial charge in [0.2, 0.25) is 5.91 Å². The van der Waals surface area contributed by atoms with Crippen molar-refractivity contribution in [3.05, 3.63) is 53.3 Å². The van der Waals surface area contributed by atoms with Gasteiger partial charge in [0.15, 0.2) is 15.0 Å². The van der Waals surface area contributed by atoms with Gasteiger partial charge in [-0.2, -0.15) is 0 Å². The molecule has 0 atom stereocenters. The van der Waals surface area contributed by atoms with Gasteiger partial charge in [0, 0.05) is 24.5 Å². The maximum atomic E-state index is 14.0. The van der Waals surface area contributed by atoms with Crippen molar-refractivity contribution in [1.29, 1.82) is 0 Å². The van der Waals surface area contributed by atoms with Crippen molar-refractivity contribution in [2.75, 3.05) is 37.8 Å². The maximum absolute atomic E-state index is 14.0. The largest absolute Gasteiger partial charge is 0.308 e. The lowest BCUT2D eigenvalue weighted by Crippen LogP contribution is -2.37. The molecule has 1 heterocycles. The van der Waals surface area contributed by atoms with Crippen molar-refractivity contribution < 1.29 is 17.6 Å². The molecule has 0 aliphatic heterocycles. The van der Waals surface area contributed by atoms with Crippen LogP contribution in [0.1, 0.15) is 6.42 Å². The van der Waals surface area contributed by atoms with Crippen LogP contribution in [0.3, 0.4) is 0 Å². The number of thiazole rings is 1. The van der Waals surface area contributed by atoms with Gasteiger partial charge in [-0.15, -0.1) is 0 Å². The molecule has 3 aromatic rings. The highest BCUT2D eigenvalue weighted by atomic mass is 35.5. The first kappa shape index (κ1) is 22.6. The number of rotatable bonds is 8. The van der Waals surface area contributed by atoms with Crippen LogP contribution in [0.2, 0.25) is 5.02 Å². The number of benzene rings is 2. The predicted octanol–water partition coefficient (Wildman–Crippen LogP) is 3.85. The quantitative estimate of drug-likeness (QED) is 0.501. The number of hydrogen-bond acceptors (Lipinski definition) is 6. The van der Waals surface area contributed by atoms with Gasteiger partial charge < -0.3 is 4.90 Å². The number of para-hydroxylation sites is 1. The Morgan fingerprint density at radius 2 is 1.83 bits per heavy atom. The fourth-order valence-corrected chi connectivity index (χ4v) is 5.14. The number of likely N-dealkylation sites (N-methyl/N-ethyl adjacent to an activating group) is 1. The molecule has 0 spiro atoms. The highest BCUT2D eigenvalue weighted by molar-refractivity contribution is 7.91. The molecule has 0 fully saturated rings. The molecule has 3 rings (SSSR count). The third kappa shape index (κ3) is 5.34. The molecule has 6 nitrogen and oxygen atoms in total. The van der Waals surface area contributed by atoms with Crippen LogP contribution >= 0.6 is 22.9 Å². The van der Waals surface area contributed by atoms with Crippen molar-refractivity contribution in [2.45, 2.75) is 11.3 Å². The van der Waals surface area contributed by atoms with E-state index in [4.69, 9.17) is 11.6 Å². The lowest BCUT2D eigenvalue weighted by Gasteiger charge is -2.22. The van der Waals surface area contributed by atoms with Crippen LogP contribution in [-0.4, -0.2) is 57.1 Å². The normalized spacial score (nSPS) is 11.9. The van der Waals surface area contributed by atoms with E-state index in [0.717, 1.165) is 0 Å². The van der Waals surface area contributed by atoms with E-state index in [1.807, 2.05) is 19.0 Å². The number of anilines is 1. The molecule has 0 saturated carbocycles. The summed E-state index contributed by atoms with van der Waals surface area (Å²) in [4.78, 5) is 20.7. The van der Waals surface area contributed by atoms with Crippen LogP contribution in [0.5, 0.6) is 0 Å². The van der Waals surface area contributed by atoms with Crippen LogP contribution < -0.4 is 4.90 Å². The summed E-state index contributed by atoms with van der Waals surface area (Å²) >= 11 is 7.01. The molecule has 0 radical (unpaired) electrons. The van der Waals surface area contributed by atoms with Crippen LogP contribution in [0.25, 0.3) is 10.2 Å². The van der Waals surface area contributed by atoms with Crippen molar-refractivity contribution in [2.24, 2.45) is 0 Å². The molecule has 30 heavy (non-hydrogen) atoms. The van der Waals surface area contributed by atoms with Crippen LogP contribution in [0, 0.1) is 5.82 Å². The van der Waals surface area contributed by atoms with E-state index in [1.165, 1.54) is 46.6 Å². The fourth-order valence-electron chi connectivity index (χ4n) is 2.76. The molecule has 0 unspecified atom stereocenters. The number of fused-ring (bicyclic) bond motifs is 1. The Hall–Kier alpha value is -2.07. The number of halogens is 2. The van der Waals surface area contributed by atoms with E-state index in [1.54, 1.807) is 12.1 Å². The van der Waals surface area contributed by atoms with Gasteiger partial charge in [0.1, 0.15) is 11.3 Å². The zero-order valence-electron chi connectivity index (χ0n) is 16.5. The second-order valence-electron chi connectivity index (χ2n) is 6.95. The molecule has 0 N–H and O–H groups in total. The number of amides is 1. The molecule has 1 amide bonds. The Bertz CT molecular complexity index is 1150. The molecule has 0 bridgehead atoms. The Kier molecular flexibility index (Phi) is 7.07. The number of carbonyl (C=O) groups is 1. The monoisotopic (exact) mass is 469 g/mol. The lowest BCUT2D eigenvalue weighted by atomic mass is 10.3. The summed E-state index contributed by atoms with van der Waals surface area (Å²) < 4.78 is 39.8. The first-order valence-electron chi connectivity index (χ1n) is 9.16. The Morgan fingerprint density at radius 3 is 2.47 bits per heavy atom. The first-order chi connectivity index (χ1) is 14.2. The lowest BCUT2D eigenvalue weighted by molar-refractivity contribution is -0.118. The van der Waals surface area contributed by atoms with Gasteiger partial charge in [0.05, 0.1) is 15.3 Å². The zero-order chi connectivity index (χ0) is 21.9. The molecular formula is C20H21ClFN3O3S2. The van der Waals surface area contributed by atoms with Gasteiger partial charge in [-0.1, -0.05) is 29.0 Å². The summed E-state index contributed by atoms with van der Waals surface area (Å²) in [6, 6.07) is 10.5. The van der Waals surface area contributed by atoms with E-state index in [9.17, 15) is 17.6 Å². The molecule has 160 valence electrons. The highest BCUT2D eigenvalue weighted by Gasteiger charge is 2.23. The Morgan fingerprint density at radius 1 is 1.13 bits per heavy atom. The standard InChI is InChI=1S/C20H21ClFN3O3S2/c1-24(2)11-12-25(20-23-19-16(22)4-3-5-17(19)29-20)18(26)10-13-30(27,28)15-8-6-14(21)7-9-15/h3-9H,10-13H2,1-2H3. The number of carbonyl (C=O) groups excluding carboxylic acids is 1. The van der Waals surface area contributed by atoms with Gasteiger partial charge >= 0.3 is 0 Å². The predicted molar refractivity (Wildman–Crippen MR) is 119 cm³/mol. The third-order valence-corrected chi connectivity index (χ3v) is 7.45. The van der Waals surface area contributed by atoms with E-state index in [-0.39, 0.29) is 28.5 Å². The summed E-state index contributed by atoms with van der Waals surface area (Å²) in [6.45, 7) is 0.863. The number of aromatic nitrogens is 1. The molecular weight excluding hydrogens is 449 g/mol. The molecule has 0 saturated heterocycles. The average Bonchev–Trinajstić information content (AvgIpc) is 3.12. The van der Waals surface area contributed by atoms with Crippen molar-refractivity contribution in [1.82, 2.24) is 9.88 Å². The SMILES string of the molecule is CN(C)CCN(C(=O)CCS(=O)(=O)c1ccc(Cl)cc1)c1nc2c(F)cccc2s1. The average molecular weight is 470 g/mol. The van der Waals surface area contributed by atoms with Crippen molar-refractivity contribution >= 4 is 54.0 Å². The summed E-state index contributed by atoms with van der Waals surface area (Å²) in [5.74, 6) is -1.18. The van der Waals surface area contributed by atoms with Crippen molar-refractivity contribution in [3.63, 3.8) is 0 Å². The maximum Gasteiger partial charge on any atom is 0.229 e. The van der Waals surface area contributed by atoms with E-state index in [0.29, 0.717) is 27.9 Å². The number of hydrogen-bond donors (Lipinski definition) is 0. The summed E-state index contributed by atoms with van der Waals surface area (Å²) in [7, 11) is 0.0895. The Labute approximate surface area is 183 Å². The minimum Gasteiger partial charge on any atom is -0.308 e. The van der Waals surface area contributed by atoms with Crippen LogP contribution in [0.4, 0.5) is 9.52 Å². The fraction of sp³-hybridized carbons (Fsp3) is 0.300. The second kappa shape index (κ2) is 9.38. The molecule has 0 aliphatic carbocycles. The third-order valence-electron chi connectivity index (χ3n) is 4.42. The summed E-state index contributed by atoms with van der Waals surface area (Å²) in [6.07, 6.45) is -0.212. The van der Waals surface area contributed by atoms with Gasteiger partial charge in [0.25, 0.3) is 0 Å². The van der Waals surface area contributed by atoms with Gasteiger partial charge in [-0.05, 0) is 50.5 Å². The number of sulfone groups is 1.